The average molecular weight is 436 g/mol. The summed E-state index contributed by atoms with van der Waals surface area (Å²) < 4.78 is 11.4. The molecule has 6 nitrogen and oxygen atoms in total. The molecule has 0 fully saturated rings. The van der Waals surface area contributed by atoms with Gasteiger partial charge in [0.25, 0.3) is 5.91 Å². The molecule has 7 heteroatoms. The molecule has 1 amide bonds. The third kappa shape index (κ3) is 4.70. The zero-order valence-electron chi connectivity index (χ0n) is 17.3. The van der Waals surface area contributed by atoms with Gasteiger partial charge in [0.1, 0.15) is 5.75 Å². The Labute approximate surface area is 185 Å². The van der Waals surface area contributed by atoms with Crippen LogP contribution < -0.4 is 4.74 Å². The highest BCUT2D eigenvalue weighted by molar-refractivity contribution is 6.30. The molecule has 1 heterocycles. The highest BCUT2D eigenvalue weighted by atomic mass is 35.5. The minimum Gasteiger partial charge on any atom is -0.480 e. The first kappa shape index (κ1) is 20.9. The minimum absolute atomic E-state index is 0.151. The van der Waals surface area contributed by atoms with Crippen molar-refractivity contribution in [1.82, 2.24) is 15.0 Å². The maximum Gasteiger partial charge on any atom is 0.263 e. The standard InChI is InChI=1S/C24H22ClN3O3/c1-3-20(30-21-10-6-8-16-7-4-5-9-19(16)21)24(29)28(2)15-22-26-23(27-31-22)17-11-13-18(25)14-12-17/h4-14,20H,3,15H2,1-2H3/t20-/m1/s1. The van der Waals surface area contributed by atoms with Gasteiger partial charge in [-0.1, -0.05) is 60.1 Å². The second-order valence-corrected chi connectivity index (χ2v) is 7.64. The maximum absolute atomic E-state index is 13.0. The van der Waals surface area contributed by atoms with Crippen LogP contribution in [0.15, 0.2) is 71.3 Å². The largest absolute Gasteiger partial charge is 0.480 e. The van der Waals surface area contributed by atoms with Crippen LogP contribution in [0.1, 0.15) is 19.2 Å². The Morgan fingerprint density at radius 2 is 1.84 bits per heavy atom. The summed E-state index contributed by atoms with van der Waals surface area (Å²) in [4.78, 5) is 19.0. The highest BCUT2D eigenvalue weighted by Gasteiger charge is 2.24. The van der Waals surface area contributed by atoms with Crippen molar-refractivity contribution < 1.29 is 14.1 Å². The number of fused-ring (bicyclic) bond motifs is 1. The van der Waals surface area contributed by atoms with Crippen molar-refractivity contribution in [2.75, 3.05) is 7.05 Å². The molecular weight excluding hydrogens is 414 g/mol. The second-order valence-electron chi connectivity index (χ2n) is 7.20. The summed E-state index contributed by atoms with van der Waals surface area (Å²) in [7, 11) is 1.70. The summed E-state index contributed by atoms with van der Waals surface area (Å²) in [5.74, 6) is 1.34. The molecule has 158 valence electrons. The van der Waals surface area contributed by atoms with E-state index in [1.165, 1.54) is 0 Å². The molecule has 1 aromatic heterocycles. The molecule has 0 spiro atoms. The first-order valence-electron chi connectivity index (χ1n) is 10.0. The number of carbonyl (C=O) groups excluding carboxylic acids is 1. The van der Waals surface area contributed by atoms with Gasteiger partial charge in [0.05, 0.1) is 6.54 Å². The molecule has 31 heavy (non-hydrogen) atoms. The maximum atomic E-state index is 13.0. The predicted octanol–water partition coefficient (Wildman–Crippen LogP) is 5.36. The van der Waals surface area contributed by atoms with Crippen molar-refractivity contribution in [3.8, 4) is 17.1 Å². The highest BCUT2D eigenvalue weighted by Crippen LogP contribution is 2.27. The van der Waals surface area contributed by atoms with Crippen LogP contribution in [-0.2, 0) is 11.3 Å². The van der Waals surface area contributed by atoms with Crippen LogP contribution in [0.2, 0.25) is 5.02 Å². The summed E-state index contributed by atoms with van der Waals surface area (Å²) in [6.45, 7) is 2.11. The fraction of sp³-hybridized carbons (Fsp3) is 0.208. The van der Waals surface area contributed by atoms with Gasteiger partial charge in [-0.25, -0.2) is 0 Å². The Hall–Kier alpha value is -3.38. The lowest BCUT2D eigenvalue weighted by molar-refractivity contribution is -0.138. The van der Waals surface area contributed by atoms with Crippen molar-refractivity contribution in [3.63, 3.8) is 0 Å². The van der Waals surface area contributed by atoms with Gasteiger partial charge in [-0.15, -0.1) is 0 Å². The van der Waals surface area contributed by atoms with Gasteiger partial charge in [0, 0.05) is 23.0 Å². The van der Waals surface area contributed by atoms with Gasteiger partial charge in [0.2, 0.25) is 11.7 Å². The number of carbonyl (C=O) groups is 1. The number of likely N-dealkylation sites (N-methyl/N-ethyl adjacent to an activating group) is 1. The molecule has 0 aliphatic heterocycles. The normalized spacial score (nSPS) is 12.0. The number of benzene rings is 3. The van der Waals surface area contributed by atoms with E-state index in [0.717, 1.165) is 16.3 Å². The van der Waals surface area contributed by atoms with Gasteiger partial charge in [-0.05, 0) is 42.1 Å². The third-order valence-corrected chi connectivity index (χ3v) is 5.24. The summed E-state index contributed by atoms with van der Waals surface area (Å²) in [5.41, 5.74) is 0.791. The molecule has 0 bridgehead atoms. The summed E-state index contributed by atoms with van der Waals surface area (Å²) in [6, 6.07) is 20.9. The van der Waals surface area contributed by atoms with E-state index in [0.29, 0.717) is 28.9 Å². The van der Waals surface area contributed by atoms with Gasteiger partial charge in [0.15, 0.2) is 6.10 Å². The van der Waals surface area contributed by atoms with E-state index in [1.807, 2.05) is 61.5 Å². The molecule has 0 unspecified atom stereocenters. The Morgan fingerprint density at radius 1 is 1.10 bits per heavy atom. The number of ether oxygens (including phenoxy) is 1. The van der Waals surface area contributed by atoms with E-state index in [2.05, 4.69) is 10.1 Å². The molecule has 0 N–H and O–H groups in total. The Kier molecular flexibility index (Phi) is 6.18. The summed E-state index contributed by atoms with van der Waals surface area (Å²) >= 11 is 5.92. The number of aromatic nitrogens is 2. The van der Waals surface area contributed by atoms with Gasteiger partial charge >= 0.3 is 0 Å². The molecule has 4 aromatic rings. The molecular formula is C24H22ClN3O3. The lowest BCUT2D eigenvalue weighted by Crippen LogP contribution is -2.39. The third-order valence-electron chi connectivity index (χ3n) is 4.98. The lowest BCUT2D eigenvalue weighted by atomic mass is 10.1. The van der Waals surface area contributed by atoms with Gasteiger partial charge < -0.3 is 14.2 Å². The topological polar surface area (TPSA) is 68.5 Å². The van der Waals surface area contributed by atoms with Crippen LogP contribution in [0.25, 0.3) is 22.2 Å². The van der Waals surface area contributed by atoms with Crippen LogP contribution in [0, 0.1) is 0 Å². The zero-order chi connectivity index (χ0) is 21.8. The number of nitrogens with zero attached hydrogens (tertiary/aromatic N) is 3. The SMILES string of the molecule is CC[C@@H](Oc1cccc2ccccc12)C(=O)N(C)Cc1nc(-c2ccc(Cl)cc2)no1. The summed E-state index contributed by atoms with van der Waals surface area (Å²) in [6.07, 6.45) is -0.0823. The molecule has 0 radical (unpaired) electrons. The van der Waals surface area contributed by atoms with Crippen LogP contribution in [-0.4, -0.2) is 34.1 Å². The Balaban J connectivity index is 1.46. The molecule has 0 aliphatic carbocycles. The number of amides is 1. The average Bonchev–Trinajstić information content (AvgIpc) is 3.26. The number of hydrogen-bond acceptors (Lipinski definition) is 5. The smallest absolute Gasteiger partial charge is 0.263 e. The van der Waals surface area contributed by atoms with E-state index in [9.17, 15) is 4.79 Å². The van der Waals surface area contributed by atoms with Gasteiger partial charge in [-0.2, -0.15) is 4.98 Å². The Bertz CT molecular complexity index is 1180. The van der Waals surface area contributed by atoms with Crippen molar-refractivity contribution in [2.24, 2.45) is 0 Å². The lowest BCUT2D eigenvalue weighted by Gasteiger charge is -2.23. The first-order valence-corrected chi connectivity index (χ1v) is 10.4. The fourth-order valence-corrected chi connectivity index (χ4v) is 3.45. The monoisotopic (exact) mass is 435 g/mol. The fourth-order valence-electron chi connectivity index (χ4n) is 3.32. The van der Waals surface area contributed by atoms with Crippen LogP contribution >= 0.6 is 11.6 Å². The van der Waals surface area contributed by atoms with Crippen molar-refractivity contribution >= 4 is 28.3 Å². The van der Waals surface area contributed by atoms with Crippen molar-refractivity contribution in [2.45, 2.75) is 26.0 Å². The van der Waals surface area contributed by atoms with E-state index in [-0.39, 0.29) is 12.5 Å². The molecule has 3 aromatic carbocycles. The molecule has 0 saturated heterocycles. The summed E-state index contributed by atoms with van der Waals surface area (Å²) in [5, 5.41) is 6.67. The molecule has 4 rings (SSSR count). The van der Waals surface area contributed by atoms with E-state index < -0.39 is 6.10 Å². The molecule has 0 saturated carbocycles. The minimum atomic E-state index is -0.616. The predicted molar refractivity (Wildman–Crippen MR) is 120 cm³/mol. The van der Waals surface area contributed by atoms with Crippen LogP contribution in [0.5, 0.6) is 5.75 Å². The van der Waals surface area contributed by atoms with Crippen molar-refractivity contribution in [3.05, 3.63) is 77.6 Å². The second kappa shape index (κ2) is 9.18. The quantitative estimate of drug-likeness (QED) is 0.391. The number of halogens is 1. The zero-order valence-corrected chi connectivity index (χ0v) is 18.0. The molecule has 1 atom stereocenters. The van der Waals surface area contributed by atoms with Crippen LogP contribution in [0.4, 0.5) is 0 Å². The number of hydrogen-bond donors (Lipinski definition) is 0. The first-order chi connectivity index (χ1) is 15.0. The Morgan fingerprint density at radius 3 is 2.61 bits per heavy atom. The van der Waals surface area contributed by atoms with E-state index >= 15 is 0 Å². The van der Waals surface area contributed by atoms with E-state index in [1.54, 1.807) is 24.1 Å². The van der Waals surface area contributed by atoms with Crippen molar-refractivity contribution in [1.29, 1.82) is 0 Å². The van der Waals surface area contributed by atoms with Gasteiger partial charge in [-0.3, -0.25) is 4.79 Å². The molecule has 0 aliphatic rings. The number of rotatable bonds is 7. The van der Waals surface area contributed by atoms with E-state index in [4.69, 9.17) is 20.9 Å². The van der Waals surface area contributed by atoms with Crippen LogP contribution in [0.3, 0.4) is 0 Å².